The zero-order valence-electron chi connectivity index (χ0n) is 14.0. The Morgan fingerprint density at radius 3 is 2.61 bits per heavy atom. The number of hydrogen-bond acceptors (Lipinski definition) is 5. The number of carbonyl (C=O) groups is 1. The van der Waals surface area contributed by atoms with Crippen LogP contribution in [-0.4, -0.2) is 64.4 Å². The molecule has 2 heterocycles. The maximum atomic E-state index is 12.6. The number of nitrogens with zero attached hydrogens (tertiary/aromatic N) is 4. The van der Waals surface area contributed by atoms with E-state index in [1.54, 1.807) is 0 Å². The van der Waals surface area contributed by atoms with Gasteiger partial charge in [-0.3, -0.25) is 4.79 Å². The third-order valence-electron chi connectivity index (χ3n) is 4.95. The van der Waals surface area contributed by atoms with Gasteiger partial charge >= 0.3 is 0 Å². The van der Waals surface area contributed by atoms with Gasteiger partial charge in [0.1, 0.15) is 17.8 Å². The summed E-state index contributed by atoms with van der Waals surface area (Å²) in [5, 5.41) is 3.47. The van der Waals surface area contributed by atoms with Gasteiger partial charge in [-0.05, 0) is 19.4 Å². The first kappa shape index (κ1) is 16.2. The largest absolute Gasteiger partial charge is 0.367 e. The molecule has 126 valence electrons. The molecule has 3 rings (SSSR count). The number of nitrogens with one attached hydrogen (secondary N) is 1. The average Bonchev–Trinajstić information content (AvgIpc) is 2.62. The Labute approximate surface area is 138 Å². The molecule has 0 unspecified atom stereocenters. The topological polar surface area (TPSA) is 61.4 Å². The molecule has 0 atom stereocenters. The second-order valence-corrected chi connectivity index (χ2v) is 6.49. The zero-order chi connectivity index (χ0) is 16.1. The van der Waals surface area contributed by atoms with E-state index in [4.69, 9.17) is 0 Å². The fourth-order valence-corrected chi connectivity index (χ4v) is 3.44. The second-order valence-electron chi connectivity index (χ2n) is 6.49. The summed E-state index contributed by atoms with van der Waals surface area (Å²) in [6.07, 6.45) is 7.75. The van der Waals surface area contributed by atoms with Gasteiger partial charge in [0.2, 0.25) is 0 Å². The number of likely N-dealkylation sites (N-methyl/N-ethyl adjacent to an activating group) is 1. The lowest BCUT2D eigenvalue weighted by Gasteiger charge is -2.33. The summed E-state index contributed by atoms with van der Waals surface area (Å²) in [5.74, 6) is 0.803. The number of amides is 1. The third kappa shape index (κ3) is 4.19. The van der Waals surface area contributed by atoms with Gasteiger partial charge in [0, 0.05) is 38.3 Å². The summed E-state index contributed by atoms with van der Waals surface area (Å²) >= 11 is 0. The molecule has 2 fully saturated rings. The number of anilines is 1. The Morgan fingerprint density at radius 2 is 1.91 bits per heavy atom. The van der Waals surface area contributed by atoms with Crippen LogP contribution in [0.1, 0.15) is 49.5 Å². The highest BCUT2D eigenvalue weighted by atomic mass is 16.2. The average molecular weight is 317 g/mol. The fraction of sp³-hybridized carbons (Fsp3) is 0.706. The molecule has 0 radical (unpaired) electrons. The van der Waals surface area contributed by atoms with E-state index in [2.05, 4.69) is 27.1 Å². The summed E-state index contributed by atoms with van der Waals surface area (Å²) < 4.78 is 0. The molecule has 0 aromatic carbocycles. The van der Waals surface area contributed by atoms with Crippen LogP contribution in [0.3, 0.4) is 0 Å². The first-order chi connectivity index (χ1) is 11.3. The third-order valence-corrected chi connectivity index (χ3v) is 4.95. The minimum absolute atomic E-state index is 0.0230. The number of aromatic nitrogens is 2. The predicted octanol–water partition coefficient (Wildman–Crippen LogP) is 2.00. The van der Waals surface area contributed by atoms with Crippen molar-refractivity contribution in [1.82, 2.24) is 19.8 Å². The molecule has 2 aliphatic rings. The molecule has 1 aliphatic carbocycles. The molecule has 1 saturated carbocycles. The minimum Gasteiger partial charge on any atom is -0.367 e. The highest BCUT2D eigenvalue weighted by molar-refractivity contribution is 5.93. The van der Waals surface area contributed by atoms with Crippen LogP contribution in [0.15, 0.2) is 12.4 Å². The first-order valence-electron chi connectivity index (χ1n) is 8.86. The number of hydrogen-bond donors (Lipinski definition) is 1. The minimum atomic E-state index is 0.0230. The van der Waals surface area contributed by atoms with Crippen LogP contribution < -0.4 is 5.32 Å². The van der Waals surface area contributed by atoms with E-state index in [9.17, 15) is 4.79 Å². The molecule has 1 amide bonds. The van der Waals surface area contributed by atoms with E-state index in [0.29, 0.717) is 11.7 Å². The first-order valence-corrected chi connectivity index (χ1v) is 8.86. The number of rotatable bonds is 4. The number of carbonyl (C=O) groups excluding carboxylic acids is 1. The maximum absolute atomic E-state index is 12.6. The summed E-state index contributed by atoms with van der Waals surface area (Å²) in [5.41, 5.74) is 0.503. The van der Waals surface area contributed by atoms with Crippen molar-refractivity contribution >= 4 is 11.7 Å². The second kappa shape index (κ2) is 7.73. The smallest absolute Gasteiger partial charge is 0.272 e. The van der Waals surface area contributed by atoms with Gasteiger partial charge in [-0.2, -0.15) is 0 Å². The van der Waals surface area contributed by atoms with Crippen LogP contribution in [-0.2, 0) is 0 Å². The van der Waals surface area contributed by atoms with Crippen LogP contribution in [0.4, 0.5) is 5.82 Å². The molecule has 6 nitrogen and oxygen atoms in total. The Bertz CT molecular complexity index is 521. The normalized spacial score (nSPS) is 20.5. The zero-order valence-corrected chi connectivity index (χ0v) is 14.0. The van der Waals surface area contributed by atoms with Crippen molar-refractivity contribution in [3.05, 3.63) is 18.1 Å². The summed E-state index contributed by atoms with van der Waals surface area (Å²) in [7, 11) is 0. The van der Waals surface area contributed by atoms with E-state index in [-0.39, 0.29) is 5.91 Å². The Kier molecular flexibility index (Phi) is 5.43. The van der Waals surface area contributed by atoms with Crippen molar-refractivity contribution in [3.8, 4) is 0 Å². The molecule has 0 bridgehead atoms. The van der Waals surface area contributed by atoms with Gasteiger partial charge in [0.15, 0.2) is 0 Å². The lowest BCUT2D eigenvalue weighted by molar-refractivity contribution is 0.0637. The van der Waals surface area contributed by atoms with E-state index >= 15 is 0 Å². The number of piperazine rings is 1. The van der Waals surface area contributed by atoms with Gasteiger partial charge in [-0.25, -0.2) is 9.97 Å². The molecule has 1 aliphatic heterocycles. The van der Waals surface area contributed by atoms with E-state index in [1.807, 2.05) is 11.0 Å². The maximum Gasteiger partial charge on any atom is 0.272 e. The highest BCUT2D eigenvalue weighted by Gasteiger charge is 2.23. The molecule has 1 aromatic rings. The SMILES string of the molecule is CCN1CCN(C(=O)c2cc(NC3CCCCC3)ncn2)CC1. The van der Waals surface area contributed by atoms with E-state index in [0.717, 1.165) is 38.5 Å². The molecule has 6 heteroatoms. The fourth-order valence-electron chi connectivity index (χ4n) is 3.44. The highest BCUT2D eigenvalue weighted by Crippen LogP contribution is 2.21. The molecule has 1 N–H and O–H groups in total. The van der Waals surface area contributed by atoms with Crippen molar-refractivity contribution in [1.29, 1.82) is 0 Å². The summed E-state index contributed by atoms with van der Waals surface area (Å²) in [6, 6.07) is 2.29. The standard InChI is InChI=1S/C17H27N5O/c1-2-21-8-10-22(11-9-21)17(23)15-12-16(19-13-18-15)20-14-6-4-3-5-7-14/h12-14H,2-11H2,1H3,(H,18,19,20). The van der Waals surface area contributed by atoms with Gasteiger partial charge in [0.25, 0.3) is 5.91 Å². The molecule has 1 aromatic heterocycles. The van der Waals surface area contributed by atoms with Crippen molar-refractivity contribution in [3.63, 3.8) is 0 Å². The van der Waals surface area contributed by atoms with Crippen LogP contribution in [0.5, 0.6) is 0 Å². The van der Waals surface area contributed by atoms with Crippen LogP contribution in [0.2, 0.25) is 0 Å². The van der Waals surface area contributed by atoms with E-state index in [1.165, 1.54) is 38.4 Å². The van der Waals surface area contributed by atoms with Crippen LogP contribution >= 0.6 is 0 Å². The predicted molar refractivity (Wildman–Crippen MR) is 90.5 cm³/mol. The lowest BCUT2D eigenvalue weighted by atomic mass is 9.95. The quantitative estimate of drug-likeness (QED) is 0.920. The molecular formula is C17H27N5O. The van der Waals surface area contributed by atoms with Crippen LogP contribution in [0, 0.1) is 0 Å². The van der Waals surface area contributed by atoms with Crippen molar-refractivity contribution in [2.75, 3.05) is 38.0 Å². The Hall–Kier alpha value is -1.69. The molecule has 1 saturated heterocycles. The van der Waals surface area contributed by atoms with Crippen molar-refractivity contribution in [2.45, 2.75) is 45.1 Å². The molecule has 23 heavy (non-hydrogen) atoms. The van der Waals surface area contributed by atoms with Gasteiger partial charge < -0.3 is 15.1 Å². The van der Waals surface area contributed by atoms with Crippen molar-refractivity contribution in [2.24, 2.45) is 0 Å². The Balaban J connectivity index is 1.61. The van der Waals surface area contributed by atoms with Gasteiger partial charge in [0.05, 0.1) is 0 Å². The summed E-state index contributed by atoms with van der Waals surface area (Å²) in [6.45, 7) is 6.65. The van der Waals surface area contributed by atoms with Gasteiger partial charge in [-0.15, -0.1) is 0 Å². The van der Waals surface area contributed by atoms with Crippen LogP contribution in [0.25, 0.3) is 0 Å². The summed E-state index contributed by atoms with van der Waals surface area (Å²) in [4.78, 5) is 25.4. The Morgan fingerprint density at radius 1 is 1.17 bits per heavy atom. The molecule has 0 spiro atoms. The monoisotopic (exact) mass is 317 g/mol. The van der Waals surface area contributed by atoms with Gasteiger partial charge in [-0.1, -0.05) is 26.2 Å². The molecular weight excluding hydrogens is 290 g/mol. The van der Waals surface area contributed by atoms with Crippen molar-refractivity contribution < 1.29 is 4.79 Å². The lowest BCUT2D eigenvalue weighted by Crippen LogP contribution is -2.48. The van der Waals surface area contributed by atoms with E-state index < -0.39 is 0 Å².